The maximum atomic E-state index is 12.6. The number of aromatic amines is 1. The van der Waals surface area contributed by atoms with Crippen LogP contribution in [0, 0.1) is 0 Å². The number of rotatable bonds is 6. The number of benzene rings is 2. The summed E-state index contributed by atoms with van der Waals surface area (Å²) < 4.78 is 0.957. The van der Waals surface area contributed by atoms with Gasteiger partial charge in [0.25, 0.3) is 11.8 Å². The van der Waals surface area contributed by atoms with Crippen LogP contribution in [-0.2, 0) is 5.41 Å². The molecule has 0 aliphatic heterocycles. The molecule has 7 heteroatoms. The van der Waals surface area contributed by atoms with E-state index in [1.807, 2.05) is 43.5 Å². The summed E-state index contributed by atoms with van der Waals surface area (Å²) in [5, 5.41) is 14.6. The van der Waals surface area contributed by atoms with Crippen molar-refractivity contribution < 1.29 is 14.7 Å². The fourth-order valence-corrected chi connectivity index (χ4v) is 3.59. The summed E-state index contributed by atoms with van der Waals surface area (Å²) in [7, 11) is 0. The zero-order valence-corrected chi connectivity index (χ0v) is 22.1. The number of nitrogens with one attached hydrogen (secondary N) is 3. The van der Waals surface area contributed by atoms with Gasteiger partial charge in [-0.25, -0.2) is 0 Å². The Hall–Kier alpha value is -3.58. The number of H-pyrrole nitrogens is 1. The molecule has 1 heterocycles. The number of amides is 2. The third-order valence-corrected chi connectivity index (χ3v) is 5.85. The molecule has 184 valence electrons. The predicted molar refractivity (Wildman–Crippen MR) is 147 cm³/mol. The monoisotopic (exact) mass is 537 g/mol. The van der Waals surface area contributed by atoms with E-state index in [2.05, 4.69) is 58.9 Å². The minimum atomic E-state index is -0.203. The Morgan fingerprint density at radius 1 is 1.09 bits per heavy atom. The smallest absolute Gasteiger partial charge is 0.255 e. The fourth-order valence-electron chi connectivity index (χ4n) is 3.13. The van der Waals surface area contributed by atoms with Crippen molar-refractivity contribution in [1.82, 2.24) is 15.6 Å². The lowest BCUT2D eigenvalue weighted by Crippen LogP contribution is -2.33. The van der Waals surface area contributed by atoms with Gasteiger partial charge in [0.05, 0.1) is 12.8 Å². The number of hydrogen-bond acceptors (Lipinski definition) is 3. The number of aliphatic hydroxyl groups excluding tert-OH is 1. The second kappa shape index (κ2) is 12.8. The van der Waals surface area contributed by atoms with Crippen molar-refractivity contribution in [3.05, 3.63) is 107 Å². The van der Waals surface area contributed by atoms with Crippen LogP contribution in [0.3, 0.4) is 0 Å². The Bertz CT molecular complexity index is 1230. The van der Waals surface area contributed by atoms with Crippen molar-refractivity contribution in [3.8, 4) is 0 Å². The summed E-state index contributed by atoms with van der Waals surface area (Å²) in [5.41, 5.74) is 3.86. The SMILES string of the molecule is C/C=C(\CNC(=O)c1ccc2c(Br)c[nH]c2c1)NC(=O)c1ccc(C(C)(C)C)cc1.C=C/C=C/O. The van der Waals surface area contributed by atoms with Gasteiger partial charge in [-0.15, -0.1) is 0 Å². The van der Waals surface area contributed by atoms with E-state index in [9.17, 15) is 9.59 Å². The van der Waals surface area contributed by atoms with E-state index in [0.29, 0.717) is 16.8 Å². The first-order chi connectivity index (χ1) is 16.6. The summed E-state index contributed by atoms with van der Waals surface area (Å²) in [4.78, 5) is 28.2. The molecule has 0 atom stereocenters. The highest BCUT2D eigenvalue weighted by Crippen LogP contribution is 2.24. The van der Waals surface area contributed by atoms with Gasteiger partial charge in [0, 0.05) is 38.4 Å². The van der Waals surface area contributed by atoms with E-state index in [0.717, 1.165) is 21.6 Å². The Labute approximate surface area is 215 Å². The molecule has 0 radical (unpaired) electrons. The minimum absolute atomic E-state index is 0.0347. The molecular formula is C28H32BrN3O3. The molecule has 0 aliphatic rings. The van der Waals surface area contributed by atoms with Crippen LogP contribution in [0.1, 0.15) is 54.0 Å². The molecule has 0 saturated carbocycles. The Kier molecular flexibility index (Phi) is 10.1. The van der Waals surface area contributed by atoms with Crippen molar-refractivity contribution in [2.24, 2.45) is 0 Å². The van der Waals surface area contributed by atoms with E-state index in [1.165, 1.54) is 17.7 Å². The molecule has 0 fully saturated rings. The van der Waals surface area contributed by atoms with Crippen LogP contribution in [0.2, 0.25) is 0 Å². The molecule has 0 unspecified atom stereocenters. The molecule has 6 nitrogen and oxygen atoms in total. The van der Waals surface area contributed by atoms with E-state index in [1.54, 1.807) is 18.2 Å². The number of fused-ring (bicyclic) bond motifs is 1. The van der Waals surface area contributed by atoms with Crippen molar-refractivity contribution in [2.75, 3.05) is 6.54 Å². The van der Waals surface area contributed by atoms with E-state index in [4.69, 9.17) is 5.11 Å². The molecule has 0 aliphatic carbocycles. The van der Waals surface area contributed by atoms with Gasteiger partial charge in [-0.3, -0.25) is 9.59 Å². The zero-order chi connectivity index (χ0) is 26.0. The molecule has 3 aromatic rings. The van der Waals surface area contributed by atoms with Gasteiger partial charge in [0.1, 0.15) is 0 Å². The summed E-state index contributed by atoms with van der Waals surface area (Å²) >= 11 is 3.46. The van der Waals surface area contributed by atoms with Crippen LogP contribution < -0.4 is 10.6 Å². The summed E-state index contributed by atoms with van der Waals surface area (Å²) in [6.07, 6.45) is 7.51. The Morgan fingerprint density at radius 2 is 1.74 bits per heavy atom. The first-order valence-electron chi connectivity index (χ1n) is 11.1. The molecule has 0 bridgehead atoms. The van der Waals surface area contributed by atoms with Crippen molar-refractivity contribution in [3.63, 3.8) is 0 Å². The highest BCUT2D eigenvalue weighted by Gasteiger charge is 2.15. The van der Waals surface area contributed by atoms with Gasteiger partial charge in [-0.1, -0.05) is 57.7 Å². The number of aromatic nitrogens is 1. The first-order valence-corrected chi connectivity index (χ1v) is 11.9. The minimum Gasteiger partial charge on any atom is -0.516 e. The molecule has 2 aromatic carbocycles. The van der Waals surface area contributed by atoms with Gasteiger partial charge in [-0.2, -0.15) is 0 Å². The normalized spacial score (nSPS) is 11.6. The lowest BCUT2D eigenvalue weighted by atomic mass is 9.87. The molecule has 4 N–H and O–H groups in total. The van der Waals surface area contributed by atoms with Crippen LogP contribution >= 0.6 is 15.9 Å². The second-order valence-corrected chi connectivity index (χ2v) is 9.61. The van der Waals surface area contributed by atoms with E-state index in [-0.39, 0.29) is 23.8 Å². The molecular weight excluding hydrogens is 506 g/mol. The number of allylic oxidation sites excluding steroid dienone is 3. The lowest BCUT2D eigenvalue weighted by Gasteiger charge is -2.19. The third-order valence-electron chi connectivity index (χ3n) is 5.19. The van der Waals surface area contributed by atoms with Gasteiger partial charge in [-0.05, 0) is 64.2 Å². The number of carbonyl (C=O) groups excluding carboxylic acids is 2. The molecule has 3 rings (SSSR count). The first kappa shape index (κ1) is 27.7. The lowest BCUT2D eigenvalue weighted by molar-refractivity contribution is 0.0938. The summed E-state index contributed by atoms with van der Waals surface area (Å²) in [6, 6.07) is 13.1. The Balaban J connectivity index is 0.000000784. The van der Waals surface area contributed by atoms with E-state index < -0.39 is 0 Å². The molecule has 2 amide bonds. The van der Waals surface area contributed by atoms with Gasteiger partial charge in [0.15, 0.2) is 0 Å². The molecule has 1 aromatic heterocycles. The third kappa shape index (κ3) is 8.00. The predicted octanol–water partition coefficient (Wildman–Crippen LogP) is 6.54. The van der Waals surface area contributed by atoms with Crippen LogP contribution in [0.4, 0.5) is 0 Å². The maximum absolute atomic E-state index is 12.6. The standard InChI is InChI=1S/C24H26BrN3O2.C4H6O/c1-5-18(28-23(30)15-6-9-17(10-7-15)24(2,3)4)13-27-22(29)16-8-11-19-20(25)14-26-21(19)12-16;1-2-3-4-5/h5-12,14,26H,13H2,1-4H3,(H,27,29)(H,28,30);2-5H,1H2/b18-5+;4-3+. The highest BCUT2D eigenvalue weighted by atomic mass is 79.9. The number of carbonyl (C=O) groups is 2. The van der Waals surface area contributed by atoms with Gasteiger partial charge >= 0.3 is 0 Å². The summed E-state index contributed by atoms with van der Waals surface area (Å²) in [6.45, 7) is 11.8. The van der Waals surface area contributed by atoms with Crippen LogP contribution in [-0.4, -0.2) is 28.4 Å². The van der Waals surface area contributed by atoms with Gasteiger partial charge in [0.2, 0.25) is 0 Å². The zero-order valence-electron chi connectivity index (χ0n) is 20.5. The molecule has 0 spiro atoms. The summed E-state index contributed by atoms with van der Waals surface area (Å²) in [5.74, 6) is -0.402. The van der Waals surface area contributed by atoms with Crippen LogP contribution in [0.5, 0.6) is 0 Å². The average molecular weight is 538 g/mol. The Morgan fingerprint density at radius 3 is 2.29 bits per heavy atom. The van der Waals surface area contributed by atoms with Crippen LogP contribution in [0.25, 0.3) is 10.9 Å². The topological polar surface area (TPSA) is 94.2 Å². The largest absolute Gasteiger partial charge is 0.516 e. The van der Waals surface area contributed by atoms with Crippen molar-refractivity contribution >= 4 is 38.6 Å². The number of halogens is 1. The van der Waals surface area contributed by atoms with Crippen molar-refractivity contribution in [2.45, 2.75) is 33.1 Å². The highest BCUT2D eigenvalue weighted by molar-refractivity contribution is 9.10. The second-order valence-electron chi connectivity index (χ2n) is 8.75. The van der Waals surface area contributed by atoms with Crippen LogP contribution in [0.15, 0.2) is 89.9 Å². The molecule has 35 heavy (non-hydrogen) atoms. The quantitative estimate of drug-likeness (QED) is 0.212. The maximum Gasteiger partial charge on any atom is 0.255 e. The van der Waals surface area contributed by atoms with E-state index >= 15 is 0 Å². The average Bonchev–Trinajstić information content (AvgIpc) is 3.21. The number of hydrogen-bond donors (Lipinski definition) is 4. The van der Waals surface area contributed by atoms with Gasteiger partial charge < -0.3 is 20.7 Å². The molecule has 0 saturated heterocycles. The fraction of sp³-hybridized carbons (Fsp3) is 0.214. The van der Waals surface area contributed by atoms with Crippen molar-refractivity contribution in [1.29, 1.82) is 0 Å². The number of aliphatic hydroxyl groups is 1.